The summed E-state index contributed by atoms with van der Waals surface area (Å²) in [7, 11) is 1.14. The third-order valence-electron chi connectivity index (χ3n) is 3.64. The summed E-state index contributed by atoms with van der Waals surface area (Å²) in [4.78, 5) is 49.1. The zero-order valence-electron chi connectivity index (χ0n) is 15.5. The minimum absolute atomic E-state index is 0.306. The van der Waals surface area contributed by atoms with Gasteiger partial charge in [0.2, 0.25) is 11.8 Å². The Morgan fingerprint density at radius 1 is 1.27 bits per heavy atom. The molecule has 26 heavy (non-hydrogen) atoms. The highest BCUT2D eigenvalue weighted by molar-refractivity contribution is 5.92. The molecule has 10 nitrogen and oxygen atoms in total. The lowest BCUT2D eigenvalue weighted by molar-refractivity contribution is -0.147. The highest BCUT2D eigenvalue weighted by atomic mass is 16.6. The first-order valence-electron chi connectivity index (χ1n) is 8.34. The molecule has 0 saturated carbocycles. The second kappa shape index (κ2) is 9.37. The molecule has 1 fully saturated rings. The van der Waals surface area contributed by atoms with E-state index < -0.39 is 48.2 Å². The number of likely N-dealkylation sites (tertiary alicyclic amines) is 1. The summed E-state index contributed by atoms with van der Waals surface area (Å²) >= 11 is 0. The van der Waals surface area contributed by atoms with Crippen LogP contribution in [0.25, 0.3) is 0 Å². The average Bonchev–Trinajstić information content (AvgIpc) is 3.04. The van der Waals surface area contributed by atoms with E-state index in [1.165, 1.54) is 4.90 Å². The van der Waals surface area contributed by atoms with Crippen LogP contribution in [0.1, 0.15) is 33.6 Å². The molecule has 0 spiro atoms. The molecule has 0 radical (unpaired) electrons. The van der Waals surface area contributed by atoms with Gasteiger partial charge in [-0.15, -0.1) is 0 Å². The summed E-state index contributed by atoms with van der Waals surface area (Å²) in [6.45, 7) is 4.55. The predicted molar refractivity (Wildman–Crippen MR) is 90.0 cm³/mol. The van der Waals surface area contributed by atoms with Crippen LogP contribution in [0.3, 0.4) is 0 Å². The number of nitrogens with one attached hydrogen (secondary N) is 2. The highest BCUT2D eigenvalue weighted by Gasteiger charge is 2.36. The van der Waals surface area contributed by atoms with E-state index >= 15 is 0 Å². The van der Waals surface area contributed by atoms with Crippen molar-refractivity contribution in [2.45, 2.75) is 51.3 Å². The van der Waals surface area contributed by atoms with Crippen LogP contribution in [-0.4, -0.2) is 78.4 Å². The Bertz CT molecular complexity index is 544. The molecule has 0 aliphatic carbocycles. The largest absolute Gasteiger partial charge is 0.467 e. The number of carbonyl (C=O) groups is 4. The van der Waals surface area contributed by atoms with Gasteiger partial charge in [-0.25, -0.2) is 9.59 Å². The molecule has 0 unspecified atom stereocenters. The fourth-order valence-corrected chi connectivity index (χ4v) is 2.49. The first kappa shape index (κ1) is 21.7. The molecule has 1 rings (SSSR count). The van der Waals surface area contributed by atoms with Gasteiger partial charge in [0.05, 0.1) is 13.7 Å². The molecule has 3 amide bonds. The van der Waals surface area contributed by atoms with Crippen molar-refractivity contribution in [3.05, 3.63) is 0 Å². The molecular formula is C16H27N3O7. The van der Waals surface area contributed by atoms with E-state index in [9.17, 15) is 24.3 Å². The standard InChI is InChI=1S/C16H27N3O7/c1-16(2,3)26-15(24)17-8-12(21)19-7-5-6-11(19)13(22)18-10(9-20)14(23)25-4/h10-11,20H,5-9H2,1-4H3,(H,17,24)(H,18,22)/t10-,11-/m0/s1. The Hall–Kier alpha value is -2.36. The number of nitrogens with zero attached hydrogens (tertiary/aromatic N) is 1. The number of methoxy groups -OCH3 is 1. The molecular weight excluding hydrogens is 346 g/mol. The Morgan fingerprint density at radius 2 is 1.92 bits per heavy atom. The Kier molecular flexibility index (Phi) is 7.81. The molecule has 0 bridgehead atoms. The van der Waals surface area contributed by atoms with Gasteiger partial charge in [-0.3, -0.25) is 9.59 Å². The van der Waals surface area contributed by atoms with Gasteiger partial charge in [-0.2, -0.15) is 0 Å². The second-order valence-electron chi connectivity index (χ2n) is 6.87. The fourth-order valence-electron chi connectivity index (χ4n) is 2.49. The molecule has 1 aliphatic heterocycles. The van der Waals surface area contributed by atoms with Gasteiger partial charge < -0.3 is 30.1 Å². The first-order chi connectivity index (χ1) is 12.1. The van der Waals surface area contributed by atoms with E-state index in [1.807, 2.05) is 0 Å². The smallest absolute Gasteiger partial charge is 0.408 e. The fraction of sp³-hybridized carbons (Fsp3) is 0.750. The molecule has 1 saturated heterocycles. The van der Waals surface area contributed by atoms with Crippen LogP contribution in [0.5, 0.6) is 0 Å². The van der Waals surface area contributed by atoms with Gasteiger partial charge in [0.25, 0.3) is 0 Å². The van der Waals surface area contributed by atoms with E-state index in [1.54, 1.807) is 20.8 Å². The summed E-state index contributed by atoms with van der Waals surface area (Å²) in [6, 6.07) is -1.97. The van der Waals surface area contributed by atoms with Crippen molar-refractivity contribution in [2.24, 2.45) is 0 Å². The van der Waals surface area contributed by atoms with Gasteiger partial charge in [0.15, 0.2) is 6.04 Å². The number of esters is 1. The molecule has 1 aliphatic rings. The van der Waals surface area contributed by atoms with Gasteiger partial charge >= 0.3 is 12.1 Å². The van der Waals surface area contributed by atoms with Crippen molar-refractivity contribution in [3.63, 3.8) is 0 Å². The summed E-state index contributed by atoms with van der Waals surface area (Å²) in [5, 5.41) is 13.9. The number of carbonyl (C=O) groups excluding carboxylic acids is 4. The van der Waals surface area contributed by atoms with Gasteiger partial charge in [-0.1, -0.05) is 0 Å². The molecule has 1 heterocycles. The third kappa shape index (κ3) is 6.51. The Labute approximate surface area is 152 Å². The Morgan fingerprint density at radius 3 is 2.46 bits per heavy atom. The predicted octanol–water partition coefficient (Wildman–Crippen LogP) is -0.848. The maximum Gasteiger partial charge on any atom is 0.408 e. The maximum atomic E-state index is 12.3. The van der Waals surface area contributed by atoms with Crippen LogP contribution in [0.2, 0.25) is 0 Å². The van der Waals surface area contributed by atoms with E-state index in [4.69, 9.17) is 4.74 Å². The van der Waals surface area contributed by atoms with Crippen molar-refractivity contribution in [1.82, 2.24) is 15.5 Å². The lowest BCUT2D eigenvalue weighted by Crippen LogP contribution is -2.53. The van der Waals surface area contributed by atoms with Gasteiger partial charge in [0, 0.05) is 6.54 Å². The number of rotatable bonds is 6. The van der Waals surface area contributed by atoms with E-state index in [0.717, 1.165) is 7.11 Å². The molecule has 10 heteroatoms. The Balaban J connectivity index is 2.60. The minimum Gasteiger partial charge on any atom is -0.467 e. The zero-order chi connectivity index (χ0) is 19.9. The van der Waals surface area contributed by atoms with Gasteiger partial charge in [0.1, 0.15) is 18.2 Å². The monoisotopic (exact) mass is 373 g/mol. The van der Waals surface area contributed by atoms with Crippen LogP contribution in [-0.2, 0) is 23.9 Å². The zero-order valence-corrected chi connectivity index (χ0v) is 15.5. The topological polar surface area (TPSA) is 134 Å². The number of hydrogen-bond donors (Lipinski definition) is 3. The molecule has 3 N–H and O–H groups in total. The molecule has 0 aromatic carbocycles. The minimum atomic E-state index is -1.19. The van der Waals surface area contributed by atoms with E-state index in [0.29, 0.717) is 19.4 Å². The lowest BCUT2D eigenvalue weighted by Gasteiger charge is -2.26. The van der Waals surface area contributed by atoms with Crippen LogP contribution in [0, 0.1) is 0 Å². The number of amides is 3. The van der Waals surface area contributed by atoms with Crippen LogP contribution < -0.4 is 10.6 Å². The van der Waals surface area contributed by atoms with E-state index in [-0.39, 0.29) is 6.54 Å². The van der Waals surface area contributed by atoms with Crippen molar-refractivity contribution in [3.8, 4) is 0 Å². The van der Waals surface area contributed by atoms with Crippen molar-refractivity contribution in [1.29, 1.82) is 0 Å². The lowest BCUT2D eigenvalue weighted by atomic mass is 10.2. The molecule has 148 valence electrons. The molecule has 0 aromatic rings. The summed E-state index contributed by atoms with van der Waals surface area (Å²) < 4.78 is 9.54. The first-order valence-corrected chi connectivity index (χ1v) is 8.34. The highest BCUT2D eigenvalue weighted by Crippen LogP contribution is 2.17. The van der Waals surface area contributed by atoms with Crippen LogP contribution in [0.4, 0.5) is 4.79 Å². The quantitative estimate of drug-likeness (QED) is 0.516. The molecule has 2 atom stereocenters. The number of aliphatic hydroxyl groups excluding tert-OH is 1. The van der Waals surface area contributed by atoms with E-state index in [2.05, 4.69) is 15.4 Å². The van der Waals surface area contributed by atoms with Crippen molar-refractivity contribution < 1.29 is 33.8 Å². The number of aliphatic hydroxyl groups is 1. The summed E-state index contributed by atoms with van der Waals surface area (Å²) in [5.41, 5.74) is -0.684. The van der Waals surface area contributed by atoms with Crippen LogP contribution in [0.15, 0.2) is 0 Å². The number of ether oxygens (including phenoxy) is 2. The number of alkyl carbamates (subject to hydrolysis) is 1. The average molecular weight is 373 g/mol. The normalized spacial score (nSPS) is 18.0. The van der Waals surface area contributed by atoms with Crippen LogP contribution >= 0.6 is 0 Å². The third-order valence-corrected chi connectivity index (χ3v) is 3.64. The van der Waals surface area contributed by atoms with Gasteiger partial charge in [-0.05, 0) is 33.6 Å². The summed E-state index contributed by atoms with van der Waals surface area (Å²) in [6.07, 6.45) is 0.304. The summed E-state index contributed by atoms with van der Waals surface area (Å²) in [5.74, 6) is -1.77. The molecule has 0 aromatic heterocycles. The second-order valence-corrected chi connectivity index (χ2v) is 6.87. The van der Waals surface area contributed by atoms with Crippen molar-refractivity contribution >= 4 is 23.9 Å². The SMILES string of the molecule is COC(=O)[C@H](CO)NC(=O)[C@@H]1CCCN1C(=O)CNC(=O)OC(C)(C)C. The number of hydrogen-bond acceptors (Lipinski definition) is 7. The maximum absolute atomic E-state index is 12.3. The van der Waals surface area contributed by atoms with Crippen molar-refractivity contribution in [2.75, 3.05) is 26.8 Å².